The van der Waals surface area contributed by atoms with Gasteiger partial charge in [0.05, 0.1) is 5.56 Å². The van der Waals surface area contributed by atoms with Gasteiger partial charge in [0, 0.05) is 0 Å². The molecule has 0 fully saturated rings. The van der Waals surface area contributed by atoms with Gasteiger partial charge in [0.25, 0.3) is 0 Å². The van der Waals surface area contributed by atoms with Gasteiger partial charge in [-0.3, -0.25) is 0 Å². The molecule has 10 heteroatoms. The van der Waals surface area contributed by atoms with Crippen LogP contribution >= 0.6 is 0 Å². The van der Waals surface area contributed by atoms with E-state index in [0.29, 0.717) is 0 Å². The summed E-state index contributed by atoms with van der Waals surface area (Å²) in [6, 6.07) is 6.54. The smallest absolute Gasteiger partial charge is 0.478 e. The molecule has 134 valence electrons. The summed E-state index contributed by atoms with van der Waals surface area (Å²) in [6.45, 7) is 0. The third kappa shape index (κ3) is 5.30. The predicted molar refractivity (Wildman–Crippen MR) is 72.2 cm³/mol. The molecule has 2 rings (SSSR count). The second kappa shape index (κ2) is 6.54. The van der Waals surface area contributed by atoms with Gasteiger partial charge in [-0.1, -0.05) is 12.1 Å². The fourth-order valence-corrected chi connectivity index (χ4v) is 1.98. The Balaban J connectivity index is 2.41. The number of ether oxygens (including phenoxy) is 2. The molecule has 0 aromatic heterocycles. The van der Waals surface area contributed by atoms with Gasteiger partial charge in [0.2, 0.25) is 0 Å². The average molecular weight is 366 g/mol. The number of alkyl halides is 6. The first kappa shape index (κ1) is 18.4. The summed E-state index contributed by atoms with van der Waals surface area (Å²) in [6.07, 6.45) is -9.89. The van der Waals surface area contributed by atoms with E-state index in [1.165, 1.54) is 0 Å². The highest BCUT2D eigenvalue weighted by atomic mass is 19.4. The standard InChI is InChI=1S/C15H8F6O4/c16-14(17,18)24-9-3-1-8(2-4-9)12-7-10(25-15(19,20)21)5-6-11(12)13(22)23/h1-7H,(H,22,23). The molecule has 4 nitrogen and oxygen atoms in total. The fourth-order valence-electron chi connectivity index (χ4n) is 1.98. The minimum absolute atomic E-state index is 0.0690. The number of benzene rings is 2. The van der Waals surface area contributed by atoms with Gasteiger partial charge >= 0.3 is 18.7 Å². The van der Waals surface area contributed by atoms with E-state index in [1.807, 2.05) is 0 Å². The molecule has 1 N–H and O–H groups in total. The molecule has 2 aromatic carbocycles. The summed E-state index contributed by atoms with van der Waals surface area (Å²) in [7, 11) is 0. The number of carboxylic acid groups (broad SMARTS) is 1. The Morgan fingerprint density at radius 2 is 1.28 bits per heavy atom. The number of aromatic carboxylic acids is 1. The lowest BCUT2D eigenvalue weighted by Gasteiger charge is -2.13. The molecular weight excluding hydrogens is 358 g/mol. The number of carbonyl (C=O) groups is 1. The number of halogens is 6. The second-order valence-electron chi connectivity index (χ2n) is 4.63. The zero-order chi connectivity index (χ0) is 18.8. The number of rotatable bonds is 4. The Bertz CT molecular complexity index is 765. The molecule has 0 spiro atoms. The van der Waals surface area contributed by atoms with E-state index >= 15 is 0 Å². The minimum Gasteiger partial charge on any atom is -0.478 e. The van der Waals surface area contributed by atoms with Crippen molar-refractivity contribution in [3.63, 3.8) is 0 Å². The molecule has 0 aliphatic heterocycles. The maximum atomic E-state index is 12.3. The maximum absolute atomic E-state index is 12.3. The Labute approximate surface area is 136 Å². The van der Waals surface area contributed by atoms with E-state index in [9.17, 15) is 31.1 Å². The summed E-state index contributed by atoms with van der Waals surface area (Å²) in [5.41, 5.74) is -0.439. The Morgan fingerprint density at radius 3 is 1.76 bits per heavy atom. The largest absolute Gasteiger partial charge is 0.573 e. The molecular formula is C15H8F6O4. The Morgan fingerprint density at radius 1 is 0.800 bits per heavy atom. The third-order valence-corrected chi connectivity index (χ3v) is 2.85. The zero-order valence-electron chi connectivity index (χ0n) is 12.0. The molecule has 0 heterocycles. The van der Waals surface area contributed by atoms with Crippen LogP contribution in [-0.4, -0.2) is 23.8 Å². The normalized spacial score (nSPS) is 11.9. The van der Waals surface area contributed by atoms with Crippen LogP contribution in [0.25, 0.3) is 11.1 Å². The number of hydrogen-bond acceptors (Lipinski definition) is 3. The molecule has 0 aliphatic carbocycles. The van der Waals surface area contributed by atoms with E-state index in [4.69, 9.17) is 5.11 Å². The molecule has 0 bridgehead atoms. The lowest BCUT2D eigenvalue weighted by Crippen LogP contribution is -2.17. The van der Waals surface area contributed by atoms with Crippen LogP contribution in [0, 0.1) is 0 Å². The molecule has 2 aromatic rings. The van der Waals surface area contributed by atoms with Crippen LogP contribution in [0.15, 0.2) is 42.5 Å². The second-order valence-corrected chi connectivity index (χ2v) is 4.63. The molecule has 0 unspecified atom stereocenters. The van der Waals surface area contributed by atoms with Crippen LogP contribution in [0.2, 0.25) is 0 Å². The topological polar surface area (TPSA) is 55.8 Å². The Hall–Kier alpha value is -2.91. The monoisotopic (exact) mass is 366 g/mol. The molecule has 0 saturated carbocycles. The Kier molecular flexibility index (Phi) is 4.82. The lowest BCUT2D eigenvalue weighted by atomic mass is 9.99. The van der Waals surface area contributed by atoms with Crippen molar-refractivity contribution >= 4 is 5.97 Å². The molecule has 0 atom stereocenters. The van der Waals surface area contributed by atoms with Crippen molar-refractivity contribution in [1.82, 2.24) is 0 Å². The summed E-state index contributed by atoms with van der Waals surface area (Å²) >= 11 is 0. The highest BCUT2D eigenvalue weighted by molar-refractivity contribution is 5.96. The highest BCUT2D eigenvalue weighted by Gasteiger charge is 2.32. The average Bonchev–Trinajstić information content (AvgIpc) is 2.44. The van der Waals surface area contributed by atoms with Crippen LogP contribution in [0.1, 0.15) is 10.4 Å². The predicted octanol–water partition coefficient (Wildman–Crippen LogP) is 4.85. The SMILES string of the molecule is O=C(O)c1ccc(OC(F)(F)F)cc1-c1ccc(OC(F)(F)F)cc1. The molecule has 0 saturated heterocycles. The fraction of sp³-hybridized carbons (Fsp3) is 0.133. The van der Waals surface area contributed by atoms with E-state index in [1.54, 1.807) is 0 Å². The van der Waals surface area contributed by atoms with Crippen molar-refractivity contribution in [2.24, 2.45) is 0 Å². The minimum atomic E-state index is -4.98. The zero-order valence-corrected chi connectivity index (χ0v) is 12.0. The van der Waals surface area contributed by atoms with Crippen molar-refractivity contribution < 1.29 is 45.7 Å². The summed E-state index contributed by atoms with van der Waals surface area (Å²) < 4.78 is 80.6. The van der Waals surface area contributed by atoms with Gasteiger partial charge in [-0.2, -0.15) is 0 Å². The molecule has 25 heavy (non-hydrogen) atoms. The van der Waals surface area contributed by atoms with Gasteiger partial charge in [-0.15, -0.1) is 26.3 Å². The molecule has 0 amide bonds. The summed E-state index contributed by atoms with van der Waals surface area (Å²) in [5.74, 6) is -2.65. The van der Waals surface area contributed by atoms with Crippen LogP contribution in [0.4, 0.5) is 26.3 Å². The van der Waals surface area contributed by atoms with Crippen LogP contribution in [0.5, 0.6) is 11.5 Å². The van der Waals surface area contributed by atoms with E-state index in [0.717, 1.165) is 42.5 Å². The van der Waals surface area contributed by atoms with Crippen LogP contribution in [-0.2, 0) is 0 Å². The van der Waals surface area contributed by atoms with Gasteiger partial charge < -0.3 is 14.6 Å². The summed E-state index contributed by atoms with van der Waals surface area (Å²) in [5, 5.41) is 9.12. The number of hydrogen-bond donors (Lipinski definition) is 1. The van der Waals surface area contributed by atoms with Crippen LogP contribution in [0.3, 0.4) is 0 Å². The first-order valence-corrected chi connectivity index (χ1v) is 6.44. The van der Waals surface area contributed by atoms with E-state index in [2.05, 4.69) is 9.47 Å². The lowest BCUT2D eigenvalue weighted by molar-refractivity contribution is -0.275. The third-order valence-electron chi connectivity index (χ3n) is 2.85. The van der Waals surface area contributed by atoms with Gasteiger partial charge in [-0.25, -0.2) is 4.79 Å². The van der Waals surface area contributed by atoms with Gasteiger partial charge in [0.15, 0.2) is 0 Å². The first-order chi connectivity index (χ1) is 11.4. The maximum Gasteiger partial charge on any atom is 0.573 e. The van der Waals surface area contributed by atoms with Gasteiger partial charge in [-0.05, 0) is 41.5 Å². The van der Waals surface area contributed by atoms with Crippen molar-refractivity contribution in [2.45, 2.75) is 12.7 Å². The van der Waals surface area contributed by atoms with Crippen molar-refractivity contribution in [2.75, 3.05) is 0 Å². The molecule has 0 radical (unpaired) electrons. The van der Waals surface area contributed by atoms with E-state index in [-0.39, 0.29) is 16.7 Å². The van der Waals surface area contributed by atoms with Crippen molar-refractivity contribution in [3.05, 3.63) is 48.0 Å². The quantitative estimate of drug-likeness (QED) is 0.786. The van der Waals surface area contributed by atoms with Crippen molar-refractivity contribution in [1.29, 1.82) is 0 Å². The first-order valence-electron chi connectivity index (χ1n) is 6.44. The van der Waals surface area contributed by atoms with E-state index < -0.39 is 30.2 Å². The highest BCUT2D eigenvalue weighted by Crippen LogP contribution is 2.32. The molecule has 0 aliphatic rings. The van der Waals surface area contributed by atoms with Gasteiger partial charge in [0.1, 0.15) is 11.5 Å². The summed E-state index contributed by atoms with van der Waals surface area (Å²) in [4.78, 5) is 11.2. The van der Waals surface area contributed by atoms with Crippen molar-refractivity contribution in [3.8, 4) is 22.6 Å². The van der Waals surface area contributed by atoms with Crippen LogP contribution < -0.4 is 9.47 Å². The number of carboxylic acids is 1.